The van der Waals surface area contributed by atoms with Gasteiger partial charge in [0, 0.05) is 23.8 Å². The van der Waals surface area contributed by atoms with Crippen LogP contribution in [0, 0.1) is 12.3 Å². The molecule has 3 N–H and O–H groups in total. The summed E-state index contributed by atoms with van der Waals surface area (Å²) in [5.74, 6) is 0.156. The Hall–Kier alpha value is -1.51. The lowest BCUT2D eigenvalue weighted by Gasteiger charge is -2.30. The van der Waals surface area contributed by atoms with Gasteiger partial charge >= 0.3 is 0 Å². The molecule has 0 atom stereocenters. The summed E-state index contributed by atoms with van der Waals surface area (Å²) in [5.41, 5.74) is 8.78. The Morgan fingerprint density at radius 2 is 2.06 bits per heavy atom. The van der Waals surface area contributed by atoms with Crippen molar-refractivity contribution in [2.75, 3.05) is 11.4 Å². The molecule has 1 saturated carbocycles. The molecule has 0 aliphatic heterocycles. The summed E-state index contributed by atoms with van der Waals surface area (Å²) in [5, 5.41) is 7.53. The molecule has 18 heavy (non-hydrogen) atoms. The van der Waals surface area contributed by atoms with Crippen molar-refractivity contribution in [3.8, 4) is 0 Å². The van der Waals surface area contributed by atoms with Gasteiger partial charge in [-0.3, -0.25) is 5.41 Å². The van der Waals surface area contributed by atoms with Gasteiger partial charge in [-0.15, -0.1) is 0 Å². The van der Waals surface area contributed by atoms with E-state index in [1.807, 2.05) is 13.0 Å². The lowest BCUT2D eigenvalue weighted by molar-refractivity contribution is 0.620. The van der Waals surface area contributed by atoms with E-state index in [0.29, 0.717) is 6.04 Å². The lowest BCUT2D eigenvalue weighted by Crippen LogP contribution is -2.33. The van der Waals surface area contributed by atoms with Gasteiger partial charge in [-0.1, -0.05) is 12.8 Å². The molecule has 0 spiro atoms. The lowest BCUT2D eigenvalue weighted by atomic mass is 10.1. The summed E-state index contributed by atoms with van der Waals surface area (Å²) in [4.78, 5) is 2.49. The van der Waals surface area contributed by atoms with Crippen LogP contribution >= 0.6 is 0 Å². The van der Waals surface area contributed by atoms with Gasteiger partial charge < -0.3 is 10.6 Å². The van der Waals surface area contributed by atoms with E-state index in [0.717, 1.165) is 17.7 Å². The van der Waals surface area contributed by atoms with E-state index in [1.54, 1.807) is 0 Å². The minimum atomic E-state index is 0.156. The molecule has 0 bridgehead atoms. The van der Waals surface area contributed by atoms with Gasteiger partial charge in [0.05, 0.1) is 0 Å². The highest BCUT2D eigenvalue weighted by Crippen LogP contribution is 2.29. The zero-order chi connectivity index (χ0) is 13.1. The second-order valence-electron chi connectivity index (χ2n) is 5.14. The van der Waals surface area contributed by atoms with Gasteiger partial charge in [0.15, 0.2) is 0 Å². The molecule has 1 aromatic rings. The van der Waals surface area contributed by atoms with Crippen LogP contribution in [0.25, 0.3) is 0 Å². The highest BCUT2D eigenvalue weighted by Gasteiger charge is 2.21. The van der Waals surface area contributed by atoms with Gasteiger partial charge in [0.25, 0.3) is 0 Å². The maximum absolute atomic E-state index is 7.53. The molecule has 0 aromatic heterocycles. The van der Waals surface area contributed by atoms with Crippen LogP contribution in [0.2, 0.25) is 0 Å². The van der Waals surface area contributed by atoms with E-state index in [2.05, 4.69) is 24.0 Å². The third-order valence-corrected chi connectivity index (χ3v) is 3.94. The summed E-state index contributed by atoms with van der Waals surface area (Å²) in [6.45, 7) is 5.29. The number of rotatable bonds is 4. The second-order valence-corrected chi connectivity index (χ2v) is 5.14. The van der Waals surface area contributed by atoms with E-state index >= 15 is 0 Å². The summed E-state index contributed by atoms with van der Waals surface area (Å²) in [6.07, 6.45) is 5.32. The average Bonchev–Trinajstić information content (AvgIpc) is 2.83. The first kappa shape index (κ1) is 12.9. The average molecular weight is 245 g/mol. The number of hydrogen-bond acceptors (Lipinski definition) is 2. The molecular formula is C15H23N3. The summed E-state index contributed by atoms with van der Waals surface area (Å²) in [6, 6.07) is 6.94. The number of nitrogens with two attached hydrogens (primary N) is 1. The Kier molecular flexibility index (Phi) is 3.90. The number of hydrogen-bond donors (Lipinski definition) is 2. The minimum Gasteiger partial charge on any atom is -0.384 e. The third-order valence-electron chi connectivity index (χ3n) is 3.94. The summed E-state index contributed by atoms with van der Waals surface area (Å²) >= 11 is 0. The number of nitrogens with zero attached hydrogens (tertiary/aromatic N) is 1. The standard InChI is InChI=1S/C15H23N3/c1-3-18(12-6-4-5-7-12)13-8-9-14(15(16)17)11(2)10-13/h8-10,12H,3-7H2,1-2H3,(H3,16,17). The van der Waals surface area contributed by atoms with Crippen molar-refractivity contribution < 1.29 is 0 Å². The third kappa shape index (κ3) is 2.50. The van der Waals surface area contributed by atoms with E-state index < -0.39 is 0 Å². The first-order valence-corrected chi connectivity index (χ1v) is 6.85. The van der Waals surface area contributed by atoms with Crippen LogP contribution in [0.15, 0.2) is 18.2 Å². The maximum atomic E-state index is 7.53. The SMILES string of the molecule is CCN(c1ccc(C(=N)N)c(C)c1)C1CCCC1. The van der Waals surface area contributed by atoms with Crippen molar-refractivity contribution in [2.45, 2.75) is 45.6 Å². The van der Waals surface area contributed by atoms with Crippen LogP contribution in [0.1, 0.15) is 43.7 Å². The first-order valence-electron chi connectivity index (χ1n) is 6.85. The second kappa shape index (κ2) is 5.42. The molecule has 1 aliphatic carbocycles. The van der Waals surface area contributed by atoms with Crippen LogP contribution in [0.5, 0.6) is 0 Å². The maximum Gasteiger partial charge on any atom is 0.123 e. The largest absolute Gasteiger partial charge is 0.384 e. The quantitative estimate of drug-likeness (QED) is 0.633. The smallest absolute Gasteiger partial charge is 0.123 e. The first-order chi connectivity index (χ1) is 8.63. The Bertz CT molecular complexity index is 433. The van der Waals surface area contributed by atoms with Crippen molar-refractivity contribution in [1.29, 1.82) is 5.41 Å². The topological polar surface area (TPSA) is 53.1 Å². The molecule has 3 nitrogen and oxygen atoms in total. The van der Waals surface area contributed by atoms with Crippen molar-refractivity contribution in [3.05, 3.63) is 29.3 Å². The number of anilines is 1. The molecule has 1 aliphatic rings. The zero-order valence-electron chi connectivity index (χ0n) is 11.4. The molecule has 0 unspecified atom stereocenters. The molecule has 3 heteroatoms. The molecule has 0 heterocycles. The molecule has 0 amide bonds. The Morgan fingerprint density at radius 3 is 2.56 bits per heavy atom. The summed E-state index contributed by atoms with van der Waals surface area (Å²) in [7, 11) is 0. The molecule has 2 rings (SSSR count). The fraction of sp³-hybridized carbons (Fsp3) is 0.533. The van der Waals surface area contributed by atoms with E-state index in [4.69, 9.17) is 11.1 Å². The van der Waals surface area contributed by atoms with Gasteiger partial charge in [-0.25, -0.2) is 0 Å². The fourth-order valence-electron chi connectivity index (χ4n) is 3.00. The van der Waals surface area contributed by atoms with Crippen molar-refractivity contribution in [1.82, 2.24) is 0 Å². The van der Waals surface area contributed by atoms with Gasteiger partial charge in [0.2, 0.25) is 0 Å². The van der Waals surface area contributed by atoms with E-state index in [9.17, 15) is 0 Å². The molecule has 0 radical (unpaired) electrons. The van der Waals surface area contributed by atoms with Gasteiger partial charge in [-0.2, -0.15) is 0 Å². The van der Waals surface area contributed by atoms with Gasteiger partial charge in [0.1, 0.15) is 5.84 Å². The molecule has 98 valence electrons. The van der Waals surface area contributed by atoms with Crippen LogP contribution in [0.4, 0.5) is 5.69 Å². The minimum absolute atomic E-state index is 0.156. The predicted molar refractivity (Wildman–Crippen MR) is 77.5 cm³/mol. The zero-order valence-corrected chi connectivity index (χ0v) is 11.4. The van der Waals surface area contributed by atoms with Crippen LogP contribution in [-0.4, -0.2) is 18.4 Å². The monoisotopic (exact) mass is 245 g/mol. The number of amidine groups is 1. The highest BCUT2D eigenvalue weighted by molar-refractivity contribution is 5.96. The van der Waals surface area contributed by atoms with Crippen LogP contribution in [0.3, 0.4) is 0 Å². The molecular weight excluding hydrogens is 222 g/mol. The number of benzene rings is 1. The van der Waals surface area contributed by atoms with Gasteiger partial charge in [-0.05, 0) is 50.5 Å². The fourth-order valence-corrected chi connectivity index (χ4v) is 3.00. The number of nitrogen functional groups attached to an aromatic ring is 1. The van der Waals surface area contributed by atoms with Crippen LogP contribution in [-0.2, 0) is 0 Å². The Balaban J connectivity index is 2.26. The highest BCUT2D eigenvalue weighted by atomic mass is 15.2. The molecule has 0 saturated heterocycles. The van der Waals surface area contributed by atoms with E-state index in [1.165, 1.54) is 31.4 Å². The molecule has 1 aromatic carbocycles. The Labute approximate surface area is 109 Å². The normalized spacial score (nSPS) is 15.9. The van der Waals surface area contributed by atoms with Crippen LogP contribution < -0.4 is 10.6 Å². The summed E-state index contributed by atoms with van der Waals surface area (Å²) < 4.78 is 0. The Morgan fingerprint density at radius 1 is 1.39 bits per heavy atom. The number of nitrogens with one attached hydrogen (secondary N) is 1. The number of aryl methyl sites for hydroxylation is 1. The van der Waals surface area contributed by atoms with Crippen molar-refractivity contribution in [3.63, 3.8) is 0 Å². The van der Waals surface area contributed by atoms with Crippen molar-refractivity contribution >= 4 is 11.5 Å². The molecule has 1 fully saturated rings. The van der Waals surface area contributed by atoms with E-state index in [-0.39, 0.29) is 5.84 Å². The predicted octanol–water partition coefficient (Wildman–Crippen LogP) is 3.05. The van der Waals surface area contributed by atoms with Crippen molar-refractivity contribution in [2.24, 2.45) is 5.73 Å².